The third-order valence-corrected chi connectivity index (χ3v) is 4.55. The Kier molecular flexibility index (Phi) is 8.02. The lowest BCUT2D eigenvalue weighted by atomic mass is 10.2. The van der Waals surface area contributed by atoms with Gasteiger partial charge in [-0.15, -0.1) is 0 Å². The van der Waals surface area contributed by atoms with Crippen molar-refractivity contribution in [3.63, 3.8) is 0 Å². The van der Waals surface area contributed by atoms with E-state index in [0.29, 0.717) is 10.7 Å². The number of anilines is 1. The number of carbonyl (C=O) groups is 2. The van der Waals surface area contributed by atoms with Crippen molar-refractivity contribution in [1.29, 1.82) is 0 Å². The van der Waals surface area contributed by atoms with E-state index in [1.54, 1.807) is 24.3 Å². The first kappa shape index (κ1) is 21.1. The van der Waals surface area contributed by atoms with E-state index in [2.05, 4.69) is 11.9 Å². The molecule has 2 rings (SSSR count). The number of nitrogens with zero attached hydrogens (tertiary/aromatic N) is 1. The van der Waals surface area contributed by atoms with Crippen LogP contribution in [0.15, 0.2) is 53.7 Å². The number of hydrogen-bond acceptors (Lipinski definition) is 6. The van der Waals surface area contributed by atoms with Crippen LogP contribution in [-0.4, -0.2) is 42.0 Å². The average molecular weight is 409 g/mol. The zero-order valence-electron chi connectivity index (χ0n) is 14.2. The molecule has 2 amide bonds. The highest BCUT2D eigenvalue weighted by molar-refractivity contribution is 7.07. The zero-order chi connectivity index (χ0) is 19.8. The van der Waals surface area contributed by atoms with Crippen molar-refractivity contribution in [3.8, 4) is 0 Å². The molecule has 3 N–H and O–H groups in total. The van der Waals surface area contributed by atoms with Gasteiger partial charge >= 0.3 is 7.32 Å². The fourth-order valence-electron chi connectivity index (χ4n) is 2.33. The molecule has 0 spiro atoms. The summed E-state index contributed by atoms with van der Waals surface area (Å²) < 4.78 is 4.93. The molecular formula is C17H18BClN2O5S. The second-order valence-electron chi connectivity index (χ2n) is 5.43. The number of benzene rings is 1. The van der Waals surface area contributed by atoms with Crippen LogP contribution in [0.4, 0.5) is 5.69 Å². The molecule has 2 aromatic rings. The lowest BCUT2D eigenvalue weighted by Crippen LogP contribution is -2.47. The molecule has 142 valence electrons. The number of carbonyl (C=O) groups excluding carboxylic acids is 2. The molecular weight excluding hydrogens is 391 g/mol. The van der Waals surface area contributed by atoms with Crippen LogP contribution in [0.25, 0.3) is 0 Å². The molecule has 7 nitrogen and oxygen atoms in total. The van der Waals surface area contributed by atoms with Crippen molar-refractivity contribution in [2.24, 2.45) is 0 Å². The Hall–Kier alpha value is -2.17. The Morgan fingerprint density at radius 2 is 2.11 bits per heavy atom. The van der Waals surface area contributed by atoms with E-state index in [9.17, 15) is 9.59 Å². The van der Waals surface area contributed by atoms with Gasteiger partial charge in [-0.1, -0.05) is 30.3 Å². The highest BCUT2D eigenvalue weighted by atomic mass is 35.5. The molecule has 0 saturated heterocycles. The van der Waals surface area contributed by atoms with Gasteiger partial charge in [0.05, 0.1) is 10.7 Å². The second kappa shape index (κ2) is 10.2. The number of para-hydroxylation sites is 1. The molecule has 1 atom stereocenters. The zero-order valence-corrected chi connectivity index (χ0v) is 15.8. The third kappa shape index (κ3) is 6.49. The Bertz CT molecular complexity index is 787. The summed E-state index contributed by atoms with van der Waals surface area (Å²) in [5.74, 6) is -1.07. The normalized spacial score (nSPS) is 11.5. The van der Waals surface area contributed by atoms with Gasteiger partial charge in [-0.05, 0) is 40.6 Å². The Balaban J connectivity index is 2.11. The number of hydrogen-bond donors (Lipinski definition) is 3. The topological polar surface area (TPSA) is 99.1 Å². The van der Waals surface area contributed by atoms with Crippen LogP contribution in [0.5, 0.6) is 0 Å². The maximum Gasteiger partial charge on any atom is 0.635 e. The lowest BCUT2D eigenvalue weighted by Gasteiger charge is -2.24. The Labute approximate surface area is 166 Å². The van der Waals surface area contributed by atoms with Crippen LogP contribution >= 0.6 is 22.9 Å². The standard InChI is InChI=1S/C17H18BClN2O5S/c1-2-17(23)21(14-6-4-3-5-13(14)19)10-15(22)20-16(26-18(24)25)9-12-7-8-27-11-12/h2-8,11,16,24-25H,1,9-10H2,(H,20,22)/t16-/m1/s1. The van der Waals surface area contributed by atoms with Crippen LogP contribution in [0, 0.1) is 0 Å². The second-order valence-corrected chi connectivity index (χ2v) is 6.62. The minimum atomic E-state index is -2.05. The van der Waals surface area contributed by atoms with E-state index in [-0.39, 0.29) is 13.0 Å². The summed E-state index contributed by atoms with van der Waals surface area (Å²) in [5.41, 5.74) is 1.22. The summed E-state index contributed by atoms with van der Waals surface area (Å²) in [6, 6.07) is 8.42. The van der Waals surface area contributed by atoms with Gasteiger partial charge in [0.1, 0.15) is 12.8 Å². The summed E-state index contributed by atoms with van der Waals surface area (Å²) in [4.78, 5) is 25.8. The Morgan fingerprint density at radius 1 is 1.37 bits per heavy atom. The summed E-state index contributed by atoms with van der Waals surface area (Å²) in [6.45, 7) is 3.09. The molecule has 1 aromatic heterocycles. The molecule has 0 bridgehead atoms. The number of rotatable bonds is 9. The van der Waals surface area contributed by atoms with Crippen molar-refractivity contribution in [1.82, 2.24) is 5.32 Å². The molecule has 0 aliphatic rings. The molecule has 0 aliphatic heterocycles. The van der Waals surface area contributed by atoms with Crippen molar-refractivity contribution in [2.75, 3.05) is 11.4 Å². The van der Waals surface area contributed by atoms with E-state index < -0.39 is 25.4 Å². The first-order chi connectivity index (χ1) is 12.9. The highest BCUT2D eigenvalue weighted by Crippen LogP contribution is 2.25. The number of nitrogens with one attached hydrogen (secondary N) is 1. The fraction of sp³-hybridized carbons (Fsp3) is 0.176. The predicted molar refractivity (Wildman–Crippen MR) is 105 cm³/mol. The summed E-state index contributed by atoms with van der Waals surface area (Å²) in [5, 5.41) is 24.7. The van der Waals surface area contributed by atoms with Gasteiger partial charge in [-0.25, -0.2) is 0 Å². The van der Waals surface area contributed by atoms with Crippen molar-refractivity contribution in [3.05, 3.63) is 64.3 Å². The maximum absolute atomic E-state index is 12.5. The number of halogens is 1. The van der Waals surface area contributed by atoms with Gasteiger partial charge in [-0.3, -0.25) is 14.5 Å². The van der Waals surface area contributed by atoms with E-state index in [1.165, 1.54) is 16.2 Å². The smallest absolute Gasteiger partial charge is 0.402 e. The SMILES string of the molecule is C=CC(=O)N(CC(=O)N[C@@H](Cc1ccsc1)OB(O)O)c1ccccc1Cl. The largest absolute Gasteiger partial charge is 0.635 e. The van der Waals surface area contributed by atoms with Crippen LogP contribution in [0.3, 0.4) is 0 Å². The molecule has 0 radical (unpaired) electrons. The van der Waals surface area contributed by atoms with Gasteiger partial charge in [0.25, 0.3) is 5.91 Å². The van der Waals surface area contributed by atoms with Crippen LogP contribution in [0.2, 0.25) is 5.02 Å². The highest BCUT2D eigenvalue weighted by Gasteiger charge is 2.24. The molecule has 0 fully saturated rings. The molecule has 1 aromatic carbocycles. The van der Waals surface area contributed by atoms with Gasteiger partial charge in [0, 0.05) is 6.42 Å². The quantitative estimate of drug-likeness (QED) is 0.332. The monoisotopic (exact) mass is 408 g/mol. The molecule has 10 heteroatoms. The van der Waals surface area contributed by atoms with E-state index in [0.717, 1.165) is 11.6 Å². The average Bonchev–Trinajstić information content (AvgIpc) is 3.12. The van der Waals surface area contributed by atoms with E-state index in [4.69, 9.17) is 26.3 Å². The minimum Gasteiger partial charge on any atom is -0.402 e. The van der Waals surface area contributed by atoms with Crippen LogP contribution in [0.1, 0.15) is 5.56 Å². The predicted octanol–water partition coefficient (Wildman–Crippen LogP) is 1.59. The van der Waals surface area contributed by atoms with Crippen molar-refractivity contribution < 1.29 is 24.3 Å². The number of amides is 2. The summed E-state index contributed by atoms with van der Waals surface area (Å²) in [6.07, 6.45) is 0.320. The molecule has 0 aliphatic carbocycles. The first-order valence-electron chi connectivity index (χ1n) is 7.91. The molecule has 1 heterocycles. The third-order valence-electron chi connectivity index (χ3n) is 3.49. The van der Waals surface area contributed by atoms with Crippen molar-refractivity contribution in [2.45, 2.75) is 12.6 Å². The number of thiophene rings is 1. The van der Waals surface area contributed by atoms with Gasteiger partial charge in [-0.2, -0.15) is 11.3 Å². The first-order valence-corrected chi connectivity index (χ1v) is 9.23. The Morgan fingerprint density at radius 3 is 2.70 bits per heavy atom. The van der Waals surface area contributed by atoms with Crippen LogP contribution < -0.4 is 10.2 Å². The lowest BCUT2D eigenvalue weighted by molar-refractivity contribution is -0.124. The summed E-state index contributed by atoms with van der Waals surface area (Å²) >= 11 is 7.59. The van der Waals surface area contributed by atoms with Gasteiger partial charge in [0.15, 0.2) is 0 Å². The van der Waals surface area contributed by atoms with E-state index in [1.807, 2.05) is 16.8 Å². The molecule has 0 unspecified atom stereocenters. The summed E-state index contributed by atoms with van der Waals surface area (Å²) in [7, 11) is -2.05. The van der Waals surface area contributed by atoms with E-state index >= 15 is 0 Å². The van der Waals surface area contributed by atoms with Crippen LogP contribution in [-0.2, 0) is 20.7 Å². The fourth-order valence-corrected chi connectivity index (χ4v) is 3.25. The molecule has 0 saturated carbocycles. The van der Waals surface area contributed by atoms with Crippen molar-refractivity contribution >= 4 is 47.8 Å². The maximum atomic E-state index is 12.5. The minimum absolute atomic E-state index is 0.231. The van der Waals surface area contributed by atoms with Gasteiger partial charge < -0.3 is 20.0 Å². The molecule has 27 heavy (non-hydrogen) atoms. The van der Waals surface area contributed by atoms with Gasteiger partial charge in [0.2, 0.25) is 5.91 Å².